The smallest absolute Gasteiger partial charge is 0.310 e. The van der Waals surface area contributed by atoms with Gasteiger partial charge in [-0.3, -0.25) is 14.5 Å². The molecule has 4 rings (SSSR count). The molecule has 2 bridgehead atoms. The molecule has 0 saturated carbocycles. The number of ether oxygens (including phenoxy) is 1. The van der Waals surface area contributed by atoms with E-state index in [1.165, 1.54) is 0 Å². The molecule has 146 valence electrons. The Hall–Kier alpha value is -1.34. The van der Waals surface area contributed by atoms with E-state index in [0.717, 1.165) is 18.4 Å². The Labute approximate surface area is 168 Å². The minimum atomic E-state index is -0.924. The molecule has 0 unspecified atom stereocenters. The number of aliphatic carboxylic acids is 1. The van der Waals surface area contributed by atoms with Gasteiger partial charge in [0.15, 0.2) is 0 Å². The second-order valence-electron chi connectivity index (χ2n) is 7.48. The molecule has 3 fully saturated rings. The molecule has 6 nitrogen and oxygen atoms in total. The summed E-state index contributed by atoms with van der Waals surface area (Å²) in [6, 6.07) is 5.47. The average Bonchev–Trinajstić information content (AvgIpc) is 3.26. The van der Waals surface area contributed by atoms with Gasteiger partial charge in [0.25, 0.3) is 0 Å². The van der Waals surface area contributed by atoms with Crippen molar-refractivity contribution < 1.29 is 19.4 Å². The molecule has 0 radical (unpaired) electrons. The maximum absolute atomic E-state index is 13.0. The van der Waals surface area contributed by atoms with Crippen molar-refractivity contribution in [2.24, 2.45) is 11.8 Å². The van der Waals surface area contributed by atoms with E-state index in [0.29, 0.717) is 42.8 Å². The van der Waals surface area contributed by atoms with E-state index < -0.39 is 17.8 Å². The summed E-state index contributed by atoms with van der Waals surface area (Å²) < 4.78 is 5.73. The summed E-state index contributed by atoms with van der Waals surface area (Å²) in [5, 5.41) is 10.8. The van der Waals surface area contributed by atoms with Crippen LogP contribution in [-0.4, -0.2) is 65.2 Å². The number of carboxylic acids is 1. The number of rotatable bonds is 4. The van der Waals surface area contributed by atoms with E-state index in [2.05, 4.69) is 4.90 Å². The topological polar surface area (TPSA) is 70.1 Å². The lowest BCUT2D eigenvalue weighted by atomic mass is 9.78. The van der Waals surface area contributed by atoms with Gasteiger partial charge in [0.2, 0.25) is 5.91 Å². The van der Waals surface area contributed by atoms with Crippen LogP contribution >= 0.6 is 23.2 Å². The van der Waals surface area contributed by atoms with Crippen molar-refractivity contribution in [1.82, 2.24) is 9.80 Å². The molecule has 8 heteroatoms. The number of hydrogen-bond acceptors (Lipinski definition) is 4. The van der Waals surface area contributed by atoms with Gasteiger partial charge in [-0.25, -0.2) is 0 Å². The van der Waals surface area contributed by atoms with Crippen LogP contribution in [0.25, 0.3) is 0 Å². The largest absolute Gasteiger partial charge is 0.481 e. The third-order valence-corrected chi connectivity index (χ3v) is 6.68. The number of nitrogens with zero attached hydrogens (tertiary/aromatic N) is 2. The zero-order valence-electron chi connectivity index (χ0n) is 14.8. The highest BCUT2D eigenvalue weighted by molar-refractivity contribution is 6.35. The Kier molecular flexibility index (Phi) is 5.34. The van der Waals surface area contributed by atoms with Crippen LogP contribution in [0.15, 0.2) is 18.2 Å². The molecule has 0 spiro atoms. The fourth-order valence-corrected chi connectivity index (χ4v) is 5.07. The fraction of sp³-hybridized carbons (Fsp3) is 0.579. The molecule has 1 aromatic rings. The van der Waals surface area contributed by atoms with Gasteiger partial charge in [-0.1, -0.05) is 29.3 Å². The van der Waals surface area contributed by atoms with E-state index in [1.54, 1.807) is 4.90 Å². The number of piperazine rings is 1. The molecular formula is C19H22Cl2N2O4. The Balaban J connectivity index is 1.38. The third-order valence-electron chi connectivity index (χ3n) is 5.97. The maximum Gasteiger partial charge on any atom is 0.310 e. The van der Waals surface area contributed by atoms with Gasteiger partial charge in [-0.05, 0) is 25.0 Å². The summed E-state index contributed by atoms with van der Waals surface area (Å²) in [6.45, 7) is 3.18. The molecule has 27 heavy (non-hydrogen) atoms. The van der Waals surface area contributed by atoms with Crippen molar-refractivity contribution in [3.05, 3.63) is 33.8 Å². The first-order chi connectivity index (χ1) is 13.0. The fourth-order valence-electron chi connectivity index (χ4n) is 4.55. The zero-order valence-corrected chi connectivity index (χ0v) is 16.3. The molecule has 1 aromatic carbocycles. The molecule has 1 amide bonds. The van der Waals surface area contributed by atoms with Crippen LogP contribution in [0.4, 0.5) is 0 Å². The predicted molar refractivity (Wildman–Crippen MR) is 101 cm³/mol. The molecule has 3 aliphatic rings. The summed E-state index contributed by atoms with van der Waals surface area (Å²) >= 11 is 12.5. The van der Waals surface area contributed by atoms with Gasteiger partial charge < -0.3 is 14.7 Å². The Morgan fingerprint density at radius 1 is 1.04 bits per heavy atom. The van der Waals surface area contributed by atoms with Gasteiger partial charge in [-0.2, -0.15) is 0 Å². The monoisotopic (exact) mass is 412 g/mol. The molecule has 1 N–H and O–H groups in total. The highest BCUT2D eigenvalue weighted by atomic mass is 35.5. The van der Waals surface area contributed by atoms with E-state index in [1.807, 2.05) is 18.2 Å². The third kappa shape index (κ3) is 3.56. The number of hydrogen-bond donors (Lipinski definition) is 1. The molecule has 0 aromatic heterocycles. The molecule has 4 atom stereocenters. The van der Waals surface area contributed by atoms with Crippen molar-refractivity contribution in [2.75, 3.05) is 26.2 Å². The Bertz CT molecular complexity index is 731. The van der Waals surface area contributed by atoms with Crippen molar-refractivity contribution in [3.8, 4) is 0 Å². The molecular weight excluding hydrogens is 391 g/mol. The number of carbonyl (C=O) groups excluding carboxylic acids is 1. The number of halogens is 2. The van der Waals surface area contributed by atoms with Crippen LogP contribution in [0.3, 0.4) is 0 Å². The van der Waals surface area contributed by atoms with Crippen LogP contribution in [-0.2, 0) is 20.9 Å². The van der Waals surface area contributed by atoms with Crippen molar-refractivity contribution in [3.63, 3.8) is 0 Å². The highest BCUT2D eigenvalue weighted by Crippen LogP contribution is 2.44. The maximum atomic E-state index is 13.0. The minimum Gasteiger partial charge on any atom is -0.481 e. The second-order valence-corrected chi connectivity index (χ2v) is 8.30. The quantitative estimate of drug-likeness (QED) is 0.822. The first-order valence-electron chi connectivity index (χ1n) is 9.28. The number of carbonyl (C=O) groups is 2. The van der Waals surface area contributed by atoms with Gasteiger partial charge >= 0.3 is 5.97 Å². The van der Waals surface area contributed by atoms with Crippen molar-refractivity contribution >= 4 is 35.1 Å². The van der Waals surface area contributed by atoms with E-state index >= 15 is 0 Å². The van der Waals surface area contributed by atoms with E-state index in [4.69, 9.17) is 27.9 Å². The molecule has 3 heterocycles. The lowest BCUT2D eigenvalue weighted by molar-refractivity contribution is -0.151. The highest BCUT2D eigenvalue weighted by Gasteiger charge is 2.56. The Morgan fingerprint density at radius 3 is 2.22 bits per heavy atom. The average molecular weight is 413 g/mol. The SMILES string of the molecule is O=C(O)[C@@H]1[C@H](C(=O)N2CCN(Cc3c(Cl)cccc3Cl)CC2)[C@@H]2CC[C@@H]1O2. The first-order valence-corrected chi connectivity index (χ1v) is 10.0. The normalized spacial score (nSPS) is 30.7. The lowest BCUT2D eigenvalue weighted by Gasteiger charge is -2.37. The van der Waals surface area contributed by atoms with Gasteiger partial charge in [0.1, 0.15) is 0 Å². The van der Waals surface area contributed by atoms with E-state index in [-0.39, 0.29) is 18.1 Å². The van der Waals surface area contributed by atoms with Crippen LogP contribution in [0.1, 0.15) is 18.4 Å². The lowest BCUT2D eigenvalue weighted by Crippen LogP contribution is -2.53. The van der Waals surface area contributed by atoms with Crippen LogP contribution in [0.5, 0.6) is 0 Å². The van der Waals surface area contributed by atoms with Gasteiger partial charge in [0.05, 0.1) is 24.0 Å². The van der Waals surface area contributed by atoms with Crippen LogP contribution < -0.4 is 0 Å². The zero-order chi connectivity index (χ0) is 19.1. The number of fused-ring (bicyclic) bond motifs is 2. The van der Waals surface area contributed by atoms with Crippen LogP contribution in [0, 0.1) is 11.8 Å². The number of carboxylic acid groups (broad SMARTS) is 1. The second kappa shape index (κ2) is 7.59. The summed E-state index contributed by atoms with van der Waals surface area (Å²) in [6.07, 6.45) is 0.946. The number of amides is 1. The standard InChI is InChI=1S/C19H22Cl2N2O4/c20-12-2-1-3-13(21)11(12)10-22-6-8-23(9-7-22)18(24)16-14-4-5-15(27-14)17(16)19(25)26/h1-3,14-17H,4-10H2,(H,25,26)/t14-,15-,16+,17-/m0/s1. The van der Waals surface area contributed by atoms with Crippen molar-refractivity contribution in [1.29, 1.82) is 0 Å². The minimum absolute atomic E-state index is 0.0787. The summed E-state index contributed by atoms with van der Waals surface area (Å²) in [5.41, 5.74) is 0.896. The Morgan fingerprint density at radius 2 is 1.63 bits per heavy atom. The summed E-state index contributed by atoms with van der Waals surface area (Å²) in [5.74, 6) is -2.26. The molecule has 3 saturated heterocycles. The number of benzene rings is 1. The van der Waals surface area contributed by atoms with Crippen molar-refractivity contribution in [2.45, 2.75) is 31.6 Å². The van der Waals surface area contributed by atoms with Crippen LogP contribution in [0.2, 0.25) is 10.0 Å². The van der Waals surface area contributed by atoms with E-state index in [9.17, 15) is 14.7 Å². The first kappa shape index (κ1) is 19.0. The summed E-state index contributed by atoms with van der Waals surface area (Å²) in [7, 11) is 0. The van der Waals surface area contributed by atoms with Gasteiger partial charge in [0, 0.05) is 48.3 Å². The molecule has 3 aliphatic heterocycles. The summed E-state index contributed by atoms with van der Waals surface area (Å²) in [4.78, 5) is 28.6. The van der Waals surface area contributed by atoms with Gasteiger partial charge in [-0.15, -0.1) is 0 Å². The predicted octanol–water partition coefficient (Wildman–Crippen LogP) is 2.52. The molecule has 0 aliphatic carbocycles.